The van der Waals surface area contributed by atoms with E-state index in [0.29, 0.717) is 12.8 Å². The summed E-state index contributed by atoms with van der Waals surface area (Å²) in [6.45, 7) is 7.34. The third-order valence-electron chi connectivity index (χ3n) is 2.99. The maximum absolute atomic E-state index is 9.43. The summed E-state index contributed by atoms with van der Waals surface area (Å²) in [6, 6.07) is 2.25. The molecule has 0 radical (unpaired) electrons. The van der Waals surface area contributed by atoms with Crippen LogP contribution in [0.25, 0.3) is 0 Å². The van der Waals surface area contributed by atoms with E-state index in [0.717, 1.165) is 0 Å². The molecule has 1 rings (SSSR count). The van der Waals surface area contributed by atoms with Crippen LogP contribution in [0, 0.1) is 11.3 Å². The van der Waals surface area contributed by atoms with Gasteiger partial charge in [0, 0.05) is 12.8 Å². The Labute approximate surface area is 97.2 Å². The van der Waals surface area contributed by atoms with Crippen LogP contribution in [0.4, 0.5) is 0 Å². The number of aliphatic hydroxyl groups is 1. The van der Waals surface area contributed by atoms with E-state index in [2.05, 4.69) is 6.07 Å². The SMILES string of the molecule is CC1CC(C#N)(OC(C)C(C)O)CC(C)O1. The lowest BCUT2D eigenvalue weighted by atomic mass is 9.88. The molecule has 0 aromatic carbocycles. The van der Waals surface area contributed by atoms with Gasteiger partial charge in [0.25, 0.3) is 0 Å². The maximum atomic E-state index is 9.43. The Morgan fingerprint density at radius 3 is 2.25 bits per heavy atom. The fourth-order valence-corrected chi connectivity index (χ4v) is 2.17. The first-order valence-corrected chi connectivity index (χ1v) is 5.81. The molecular weight excluding hydrogens is 206 g/mol. The molecule has 0 aromatic heterocycles. The summed E-state index contributed by atoms with van der Waals surface area (Å²) in [7, 11) is 0. The molecule has 1 heterocycles. The van der Waals surface area contributed by atoms with Crippen molar-refractivity contribution in [1.29, 1.82) is 5.26 Å². The molecule has 16 heavy (non-hydrogen) atoms. The number of hydrogen-bond donors (Lipinski definition) is 1. The van der Waals surface area contributed by atoms with E-state index in [-0.39, 0.29) is 18.3 Å². The molecule has 92 valence electrons. The first-order valence-electron chi connectivity index (χ1n) is 5.81. The highest BCUT2D eigenvalue weighted by atomic mass is 16.5. The molecule has 1 saturated heterocycles. The standard InChI is InChI=1S/C12H21NO3/c1-8-5-12(7-13,6-9(2)15-8)16-11(4)10(3)14/h8-11,14H,5-6H2,1-4H3. The summed E-state index contributed by atoms with van der Waals surface area (Å²) in [6.07, 6.45) is 0.250. The second-order valence-corrected chi connectivity index (χ2v) is 4.84. The van der Waals surface area contributed by atoms with Gasteiger partial charge in [0.15, 0.2) is 5.60 Å². The first kappa shape index (κ1) is 13.4. The third-order valence-corrected chi connectivity index (χ3v) is 2.99. The molecular formula is C12H21NO3. The lowest BCUT2D eigenvalue weighted by Gasteiger charge is -2.39. The Bertz CT molecular complexity index is 262. The summed E-state index contributed by atoms with van der Waals surface area (Å²) < 4.78 is 11.3. The van der Waals surface area contributed by atoms with Gasteiger partial charge in [-0.2, -0.15) is 5.26 Å². The molecule has 4 unspecified atom stereocenters. The van der Waals surface area contributed by atoms with Crippen LogP contribution >= 0.6 is 0 Å². The Balaban J connectivity index is 2.73. The van der Waals surface area contributed by atoms with Crippen molar-refractivity contribution < 1.29 is 14.6 Å². The molecule has 4 atom stereocenters. The Kier molecular flexibility index (Phi) is 4.31. The summed E-state index contributed by atoms with van der Waals surface area (Å²) in [5.74, 6) is 0. The molecule has 4 heteroatoms. The highest BCUT2D eigenvalue weighted by Crippen LogP contribution is 2.33. The second kappa shape index (κ2) is 5.13. The van der Waals surface area contributed by atoms with Gasteiger partial charge in [0.2, 0.25) is 0 Å². The van der Waals surface area contributed by atoms with E-state index >= 15 is 0 Å². The normalized spacial score (nSPS) is 38.8. The first-order chi connectivity index (χ1) is 7.38. The van der Waals surface area contributed by atoms with Gasteiger partial charge in [-0.3, -0.25) is 0 Å². The average Bonchev–Trinajstić information content (AvgIpc) is 2.15. The molecule has 0 aliphatic carbocycles. The summed E-state index contributed by atoms with van der Waals surface area (Å²) in [5, 5.41) is 18.7. The maximum Gasteiger partial charge on any atom is 0.159 e. The lowest BCUT2D eigenvalue weighted by Crippen LogP contribution is -2.47. The van der Waals surface area contributed by atoms with E-state index in [1.54, 1.807) is 13.8 Å². The number of ether oxygens (including phenoxy) is 2. The van der Waals surface area contributed by atoms with Gasteiger partial charge < -0.3 is 14.6 Å². The Morgan fingerprint density at radius 1 is 1.38 bits per heavy atom. The van der Waals surface area contributed by atoms with E-state index in [1.165, 1.54) is 0 Å². The molecule has 0 saturated carbocycles. The predicted molar refractivity (Wildman–Crippen MR) is 59.8 cm³/mol. The molecule has 1 fully saturated rings. The zero-order valence-corrected chi connectivity index (χ0v) is 10.4. The predicted octanol–water partition coefficient (Wildman–Crippen LogP) is 1.62. The monoisotopic (exact) mass is 227 g/mol. The van der Waals surface area contributed by atoms with Gasteiger partial charge >= 0.3 is 0 Å². The van der Waals surface area contributed by atoms with Crippen LogP contribution < -0.4 is 0 Å². The van der Waals surface area contributed by atoms with E-state index in [4.69, 9.17) is 9.47 Å². The lowest BCUT2D eigenvalue weighted by molar-refractivity contribution is -0.168. The molecule has 4 nitrogen and oxygen atoms in total. The van der Waals surface area contributed by atoms with E-state index in [9.17, 15) is 10.4 Å². The second-order valence-electron chi connectivity index (χ2n) is 4.84. The number of nitriles is 1. The Hall–Kier alpha value is -0.630. The van der Waals surface area contributed by atoms with Gasteiger partial charge in [0.1, 0.15) is 0 Å². The smallest absolute Gasteiger partial charge is 0.159 e. The van der Waals surface area contributed by atoms with E-state index < -0.39 is 11.7 Å². The van der Waals surface area contributed by atoms with Gasteiger partial charge in [-0.1, -0.05) is 0 Å². The van der Waals surface area contributed by atoms with Gasteiger partial charge in [0.05, 0.1) is 30.5 Å². The molecule has 0 spiro atoms. The van der Waals surface area contributed by atoms with Crippen molar-refractivity contribution in [2.45, 2.75) is 70.6 Å². The topological polar surface area (TPSA) is 62.5 Å². The zero-order valence-electron chi connectivity index (χ0n) is 10.4. The molecule has 1 aliphatic heterocycles. The number of aliphatic hydroxyl groups excluding tert-OH is 1. The van der Waals surface area contributed by atoms with Crippen LogP contribution in [0.5, 0.6) is 0 Å². The highest BCUT2D eigenvalue weighted by molar-refractivity contribution is 5.06. The van der Waals surface area contributed by atoms with Crippen molar-refractivity contribution in [3.63, 3.8) is 0 Å². The quantitative estimate of drug-likeness (QED) is 0.795. The summed E-state index contributed by atoms with van der Waals surface area (Å²) >= 11 is 0. The fourth-order valence-electron chi connectivity index (χ4n) is 2.17. The van der Waals surface area contributed by atoms with Gasteiger partial charge in [-0.05, 0) is 27.7 Å². The number of nitrogens with zero attached hydrogens (tertiary/aromatic N) is 1. The third kappa shape index (κ3) is 3.18. The molecule has 1 N–H and O–H groups in total. The van der Waals surface area contributed by atoms with Crippen LogP contribution in [0.1, 0.15) is 40.5 Å². The minimum Gasteiger partial charge on any atom is -0.391 e. The van der Waals surface area contributed by atoms with Crippen molar-refractivity contribution in [3.05, 3.63) is 0 Å². The minimum atomic E-state index is -0.812. The van der Waals surface area contributed by atoms with Gasteiger partial charge in [-0.25, -0.2) is 0 Å². The molecule has 0 amide bonds. The minimum absolute atomic E-state index is 0.0181. The van der Waals surface area contributed by atoms with E-state index in [1.807, 2.05) is 13.8 Å². The Morgan fingerprint density at radius 2 is 1.88 bits per heavy atom. The van der Waals surface area contributed by atoms with Gasteiger partial charge in [-0.15, -0.1) is 0 Å². The summed E-state index contributed by atoms with van der Waals surface area (Å²) in [5.41, 5.74) is -0.812. The van der Waals surface area contributed by atoms with Crippen LogP contribution in [-0.2, 0) is 9.47 Å². The highest BCUT2D eigenvalue weighted by Gasteiger charge is 2.41. The van der Waals surface area contributed by atoms with Crippen LogP contribution in [0.3, 0.4) is 0 Å². The number of hydrogen-bond acceptors (Lipinski definition) is 4. The fraction of sp³-hybridized carbons (Fsp3) is 0.917. The molecule has 0 bridgehead atoms. The average molecular weight is 227 g/mol. The molecule has 0 aromatic rings. The van der Waals surface area contributed by atoms with Crippen molar-refractivity contribution in [1.82, 2.24) is 0 Å². The van der Waals surface area contributed by atoms with Crippen LogP contribution in [-0.4, -0.2) is 35.1 Å². The van der Waals surface area contributed by atoms with Crippen LogP contribution in [0.2, 0.25) is 0 Å². The van der Waals surface area contributed by atoms with Crippen LogP contribution in [0.15, 0.2) is 0 Å². The summed E-state index contributed by atoms with van der Waals surface area (Å²) in [4.78, 5) is 0. The van der Waals surface area contributed by atoms with Crippen molar-refractivity contribution in [2.75, 3.05) is 0 Å². The van der Waals surface area contributed by atoms with Crippen molar-refractivity contribution >= 4 is 0 Å². The largest absolute Gasteiger partial charge is 0.391 e. The van der Waals surface area contributed by atoms with Crippen molar-refractivity contribution in [2.24, 2.45) is 0 Å². The van der Waals surface area contributed by atoms with Crippen molar-refractivity contribution in [3.8, 4) is 6.07 Å². The molecule has 1 aliphatic rings. The zero-order chi connectivity index (χ0) is 12.3. The number of rotatable bonds is 3.